The predicted octanol–water partition coefficient (Wildman–Crippen LogP) is 11.5. The van der Waals surface area contributed by atoms with Gasteiger partial charge >= 0.3 is 6.01 Å². The zero-order valence-corrected chi connectivity index (χ0v) is 30.0. The van der Waals surface area contributed by atoms with Crippen LogP contribution in [0.2, 0.25) is 0 Å². The van der Waals surface area contributed by atoms with E-state index in [4.69, 9.17) is 9.10 Å². The zero-order chi connectivity index (χ0) is 39.1. The van der Waals surface area contributed by atoms with Crippen molar-refractivity contribution in [3.05, 3.63) is 149 Å². The van der Waals surface area contributed by atoms with Gasteiger partial charge < -0.3 is 0 Å². The summed E-state index contributed by atoms with van der Waals surface area (Å²) in [5.74, 6) is -2.77. The highest BCUT2D eigenvalue weighted by Gasteiger charge is 2.41. The van der Waals surface area contributed by atoms with Gasteiger partial charge in [-0.05, 0) is 74.4 Å². The molecule has 258 valence electrons. The molecule has 0 atom stereocenters. The van der Waals surface area contributed by atoms with Crippen LogP contribution in [0, 0.1) is 6.85 Å². The average molecular weight is 693 g/mol. The first-order chi connectivity index (χ1) is 25.9. The number of alkyl halides is 2. The Bertz CT molecular complexity index is 2730. The Labute approximate surface area is 307 Å². The van der Waals surface area contributed by atoms with E-state index in [2.05, 4.69) is 31.8 Å². The number of halogens is 2. The highest BCUT2D eigenvalue weighted by molar-refractivity contribution is 6.07. The molecule has 0 N–H and O–H groups in total. The number of rotatable bonds is 5. The lowest BCUT2D eigenvalue weighted by Crippen LogP contribution is -2.19. The third-order valence-electron chi connectivity index (χ3n) is 9.82. The summed E-state index contributed by atoms with van der Waals surface area (Å²) < 4.78 is 63.5. The Morgan fingerprint density at radius 1 is 0.615 bits per heavy atom. The van der Waals surface area contributed by atoms with E-state index in [1.165, 1.54) is 12.1 Å². The van der Waals surface area contributed by atoms with E-state index < -0.39 is 18.2 Å². The van der Waals surface area contributed by atoms with E-state index >= 15 is 8.78 Å². The van der Waals surface area contributed by atoms with Crippen LogP contribution in [0.25, 0.3) is 27.8 Å². The number of hydrogen-bond donors (Lipinski definition) is 0. The van der Waals surface area contributed by atoms with Gasteiger partial charge in [0.15, 0.2) is 0 Å². The molecule has 0 radical (unpaired) electrons. The van der Waals surface area contributed by atoms with Crippen molar-refractivity contribution in [2.75, 3.05) is 0 Å². The Balaban J connectivity index is 1.31. The van der Waals surface area contributed by atoms with E-state index in [-0.39, 0.29) is 22.1 Å². The first-order valence-electron chi connectivity index (χ1n) is 18.9. The van der Waals surface area contributed by atoms with E-state index in [1.807, 2.05) is 84.5 Å². The van der Waals surface area contributed by atoms with Gasteiger partial charge in [-0.25, -0.2) is 4.98 Å². The quantitative estimate of drug-likeness (QED) is 0.168. The zero-order valence-electron chi connectivity index (χ0n) is 33.0. The number of para-hydroxylation sites is 2. The largest absolute Gasteiger partial charge is 0.503 e. The van der Waals surface area contributed by atoms with Gasteiger partial charge in [-0.15, -0.1) is 0 Å². The third kappa shape index (κ3) is 5.62. The van der Waals surface area contributed by atoms with Crippen molar-refractivity contribution in [3.63, 3.8) is 0 Å². The van der Waals surface area contributed by atoms with Crippen LogP contribution in [0.15, 0.2) is 122 Å². The van der Waals surface area contributed by atoms with Crippen molar-refractivity contribution in [2.45, 2.75) is 65.1 Å². The molecule has 0 aliphatic carbocycles. The van der Waals surface area contributed by atoms with Gasteiger partial charge in [0.05, 0.1) is 16.6 Å². The highest BCUT2D eigenvalue weighted by atomic mass is 19.3. The molecular weight excluding hydrogens is 649 g/mol. The lowest BCUT2D eigenvalue weighted by Gasteiger charge is -2.23. The summed E-state index contributed by atoms with van der Waals surface area (Å²) in [6.45, 7) is 10.2. The Morgan fingerprint density at radius 3 is 2.00 bits per heavy atom. The van der Waals surface area contributed by atoms with Crippen molar-refractivity contribution in [2.24, 2.45) is 0 Å². The molecule has 5 nitrogen and oxygen atoms in total. The number of aromatic nitrogens is 3. The van der Waals surface area contributed by atoms with Crippen LogP contribution in [0.5, 0.6) is 0 Å². The molecule has 52 heavy (non-hydrogen) atoms. The number of aryl methyl sites for hydroxylation is 1. The lowest BCUT2D eigenvalue weighted by molar-refractivity contribution is 0.0428. The van der Waals surface area contributed by atoms with Crippen molar-refractivity contribution >= 4 is 50.7 Å². The van der Waals surface area contributed by atoms with E-state index in [1.54, 1.807) is 59.4 Å². The second-order valence-electron chi connectivity index (χ2n) is 15.5. The molecule has 7 heteroatoms. The minimum Gasteiger partial charge on any atom is -0.292 e. The summed E-state index contributed by atoms with van der Waals surface area (Å²) in [5, 5.41) is 0.757. The van der Waals surface area contributed by atoms with Crippen LogP contribution in [-0.2, 0) is 16.8 Å². The van der Waals surface area contributed by atoms with Crippen molar-refractivity contribution in [3.8, 4) is 5.82 Å². The Kier molecular flexibility index (Phi) is 6.84. The van der Waals surface area contributed by atoms with E-state index in [9.17, 15) is 0 Å². The predicted molar refractivity (Wildman–Crippen MR) is 209 cm³/mol. The van der Waals surface area contributed by atoms with Crippen molar-refractivity contribution in [1.29, 1.82) is 0 Å². The average Bonchev–Trinajstić information content (AvgIpc) is 3.70. The molecule has 4 heterocycles. The van der Waals surface area contributed by atoms with Gasteiger partial charge in [0.1, 0.15) is 5.82 Å². The van der Waals surface area contributed by atoms with Gasteiger partial charge in [0.25, 0.3) is 17.3 Å². The summed E-state index contributed by atoms with van der Waals surface area (Å²) in [7, 11) is 0. The molecule has 1 aliphatic rings. The molecule has 8 rings (SSSR count). The topological polar surface area (TPSA) is 36.7 Å². The maximum absolute atomic E-state index is 17.3. The molecular formula is C45H41F2N5+2. The highest BCUT2D eigenvalue weighted by Crippen LogP contribution is 2.44. The number of fused-ring (bicyclic) bond motifs is 4. The molecule has 0 fully saturated rings. The SMILES string of the molecule is [2H]C([2H])([2H])c1ccc([N+]2=C=[N+](c3cc(C(C)(C)C)cc(C(F)(F)c4ccc5c6ncccc6n(-c6cc(C(C)(C)C)ccn6)c5c4)c3)c3ccccc32)cc1. The first kappa shape index (κ1) is 29.9. The van der Waals surface area contributed by atoms with Gasteiger partial charge in [-0.2, -0.15) is 8.78 Å². The fourth-order valence-corrected chi connectivity index (χ4v) is 6.86. The van der Waals surface area contributed by atoms with Crippen molar-refractivity contribution in [1.82, 2.24) is 23.7 Å². The Morgan fingerprint density at radius 2 is 1.31 bits per heavy atom. The second kappa shape index (κ2) is 11.9. The van der Waals surface area contributed by atoms with Crippen LogP contribution in [0.4, 0.5) is 31.5 Å². The van der Waals surface area contributed by atoms with Gasteiger partial charge in [-0.3, -0.25) is 9.55 Å². The van der Waals surface area contributed by atoms with Gasteiger partial charge in [-0.1, -0.05) is 83.5 Å². The number of pyridine rings is 2. The number of hydrogen-bond acceptors (Lipinski definition) is 2. The molecule has 3 aromatic heterocycles. The van der Waals surface area contributed by atoms with Crippen LogP contribution < -0.4 is 9.15 Å². The molecule has 4 aromatic carbocycles. The summed E-state index contributed by atoms with van der Waals surface area (Å²) in [6, 6.07) is 35.3. The molecule has 0 amide bonds. The smallest absolute Gasteiger partial charge is 0.292 e. The van der Waals surface area contributed by atoms with Crippen LogP contribution in [-0.4, -0.2) is 20.5 Å². The lowest BCUT2D eigenvalue weighted by atomic mass is 9.84. The minimum atomic E-state index is -3.40. The standard InChI is InChI=1S/C45H41F2N5/c1-29-14-17-34(18-15-29)50-28-51(38-12-9-8-11-37(38)50)35-24-32(44(5,6)7)23-33(25-35)45(46,47)31-16-19-36-40(26-31)52(39-13-10-21-49-42(36)39)41-27-30(20-22-48-41)43(2,3)4/h8-27H,1-7H3/q+2/i1D3. The molecule has 0 spiro atoms. The molecule has 0 saturated heterocycles. The minimum absolute atomic E-state index is 0.144. The summed E-state index contributed by atoms with van der Waals surface area (Å²) >= 11 is 0. The van der Waals surface area contributed by atoms with E-state index in [0.717, 1.165) is 33.4 Å². The maximum atomic E-state index is 17.3. The summed E-state index contributed by atoms with van der Waals surface area (Å²) in [6.07, 6.45) is 3.48. The molecule has 0 bridgehead atoms. The monoisotopic (exact) mass is 692 g/mol. The van der Waals surface area contributed by atoms with Crippen LogP contribution in [0.3, 0.4) is 0 Å². The molecule has 0 unspecified atom stereocenters. The van der Waals surface area contributed by atoms with Gasteiger partial charge in [0.2, 0.25) is 11.4 Å². The number of nitrogens with zero attached hydrogens (tertiary/aromatic N) is 5. The maximum Gasteiger partial charge on any atom is 0.503 e. The Hall–Kier alpha value is -5.78. The van der Waals surface area contributed by atoms with Crippen molar-refractivity contribution < 1.29 is 12.9 Å². The fourth-order valence-electron chi connectivity index (χ4n) is 6.86. The summed E-state index contributed by atoms with van der Waals surface area (Å²) in [5.41, 5.74) is 5.98. The third-order valence-corrected chi connectivity index (χ3v) is 9.82. The van der Waals surface area contributed by atoms with Crippen LogP contribution >= 0.6 is 0 Å². The second-order valence-corrected chi connectivity index (χ2v) is 15.5. The molecule has 7 aromatic rings. The summed E-state index contributed by atoms with van der Waals surface area (Å²) in [4.78, 5) is 9.36. The molecule has 0 saturated carbocycles. The van der Waals surface area contributed by atoms with Crippen LogP contribution in [0.1, 0.15) is 73.5 Å². The number of benzene rings is 4. The first-order valence-corrected chi connectivity index (χ1v) is 17.4. The fraction of sp³-hybridized carbons (Fsp3) is 0.222. The molecule has 1 aliphatic heterocycles. The normalized spacial score (nSPS) is 14.5. The van der Waals surface area contributed by atoms with E-state index in [0.29, 0.717) is 28.2 Å². The van der Waals surface area contributed by atoms with Gasteiger partial charge in [0, 0.05) is 69.4 Å².